The zero-order chi connectivity index (χ0) is 23.8. The van der Waals surface area contributed by atoms with Crippen LogP contribution in [0.25, 0.3) is 0 Å². The molecule has 1 N–H and O–H groups in total. The molecule has 1 fully saturated rings. The van der Waals surface area contributed by atoms with Gasteiger partial charge in [0.25, 0.3) is 0 Å². The minimum Gasteiger partial charge on any atom is -0.489 e. The molecule has 2 aliphatic rings. The van der Waals surface area contributed by atoms with Crippen molar-refractivity contribution in [2.45, 2.75) is 39.3 Å². The summed E-state index contributed by atoms with van der Waals surface area (Å²) in [5, 5.41) is 2.97. The third-order valence-corrected chi connectivity index (χ3v) is 6.06. The number of ether oxygens (including phenoxy) is 2. The standard InChI is InChI=1S/C25H35N3O5/c1-18(2)26-23(29)13-19-10-11-27-14-20(19)8-6-12-33-22-9-5-4-7-21(22)15-28(16-24(27)30)25(31)17-32-3/h4-9,18-20H,10-17H2,1-3H3,(H,26,29)/b8-6-/t19-,20-/m0/s1. The van der Waals surface area contributed by atoms with Crippen LogP contribution in [0.5, 0.6) is 5.75 Å². The largest absolute Gasteiger partial charge is 0.489 e. The Morgan fingerprint density at radius 2 is 2.03 bits per heavy atom. The summed E-state index contributed by atoms with van der Waals surface area (Å²) >= 11 is 0. The Kier molecular flexibility index (Phi) is 8.88. The lowest BCUT2D eigenvalue weighted by Crippen LogP contribution is -2.49. The van der Waals surface area contributed by atoms with E-state index < -0.39 is 0 Å². The van der Waals surface area contributed by atoms with Crippen LogP contribution in [-0.4, -0.2) is 73.5 Å². The molecule has 2 bridgehead atoms. The Bertz CT molecular complexity index is 869. The number of piperidine rings is 1. The van der Waals surface area contributed by atoms with E-state index in [0.29, 0.717) is 31.9 Å². The number of fused-ring (bicyclic) bond motifs is 3. The predicted octanol–water partition coefficient (Wildman–Crippen LogP) is 1.99. The van der Waals surface area contributed by atoms with Gasteiger partial charge in [0.1, 0.15) is 25.5 Å². The predicted molar refractivity (Wildman–Crippen MR) is 124 cm³/mol. The van der Waals surface area contributed by atoms with E-state index in [1.54, 1.807) is 0 Å². The topological polar surface area (TPSA) is 88.2 Å². The van der Waals surface area contributed by atoms with Crippen LogP contribution in [0.15, 0.2) is 36.4 Å². The summed E-state index contributed by atoms with van der Waals surface area (Å²) in [5.41, 5.74) is 0.837. The van der Waals surface area contributed by atoms with Crippen LogP contribution in [-0.2, 0) is 25.7 Å². The molecule has 0 radical (unpaired) electrons. The van der Waals surface area contributed by atoms with Gasteiger partial charge in [-0.05, 0) is 38.2 Å². The molecule has 2 heterocycles. The van der Waals surface area contributed by atoms with Crippen molar-refractivity contribution in [3.63, 3.8) is 0 Å². The van der Waals surface area contributed by atoms with Crippen molar-refractivity contribution >= 4 is 17.7 Å². The first-order valence-electron chi connectivity index (χ1n) is 11.6. The molecule has 1 aromatic carbocycles. The summed E-state index contributed by atoms with van der Waals surface area (Å²) in [6, 6.07) is 7.64. The smallest absolute Gasteiger partial charge is 0.249 e. The van der Waals surface area contributed by atoms with E-state index in [0.717, 1.165) is 12.0 Å². The van der Waals surface area contributed by atoms with Gasteiger partial charge in [0.05, 0.1) is 0 Å². The van der Waals surface area contributed by atoms with E-state index in [4.69, 9.17) is 9.47 Å². The SMILES string of the molecule is COCC(=O)N1CC(=O)N2CC[C@@H](CC(=O)NC(C)C)[C@@H](/C=C\COc3ccccc3C1)C2. The maximum atomic E-state index is 13.2. The van der Waals surface area contributed by atoms with Gasteiger partial charge in [0, 0.05) is 44.8 Å². The monoisotopic (exact) mass is 457 g/mol. The zero-order valence-electron chi connectivity index (χ0n) is 19.8. The normalized spacial score (nSPS) is 22.4. The summed E-state index contributed by atoms with van der Waals surface area (Å²) in [6.45, 7) is 5.52. The Morgan fingerprint density at radius 1 is 1.24 bits per heavy atom. The average molecular weight is 458 g/mol. The van der Waals surface area contributed by atoms with Gasteiger partial charge >= 0.3 is 0 Å². The second-order valence-corrected chi connectivity index (χ2v) is 9.01. The highest BCUT2D eigenvalue weighted by molar-refractivity contribution is 5.85. The first-order valence-corrected chi connectivity index (χ1v) is 11.6. The van der Waals surface area contributed by atoms with Gasteiger partial charge in [-0.15, -0.1) is 0 Å². The average Bonchev–Trinajstić information content (AvgIpc) is 2.77. The molecule has 1 aromatic rings. The molecule has 0 spiro atoms. The number of methoxy groups -OCH3 is 1. The van der Waals surface area contributed by atoms with Crippen LogP contribution in [0, 0.1) is 11.8 Å². The van der Waals surface area contributed by atoms with Gasteiger partial charge < -0.3 is 24.6 Å². The molecule has 180 valence electrons. The number of carbonyl (C=O) groups excluding carboxylic acids is 3. The molecule has 2 aliphatic heterocycles. The second-order valence-electron chi connectivity index (χ2n) is 9.01. The molecule has 0 saturated carbocycles. The maximum absolute atomic E-state index is 13.2. The van der Waals surface area contributed by atoms with Crippen LogP contribution >= 0.6 is 0 Å². The minimum atomic E-state index is -0.245. The fraction of sp³-hybridized carbons (Fsp3) is 0.560. The lowest BCUT2D eigenvalue weighted by atomic mass is 9.82. The molecule has 1 saturated heterocycles. The van der Waals surface area contributed by atoms with E-state index in [9.17, 15) is 14.4 Å². The van der Waals surface area contributed by atoms with Crippen molar-refractivity contribution in [1.82, 2.24) is 15.1 Å². The number of nitrogens with zero attached hydrogens (tertiary/aromatic N) is 2. The first kappa shape index (κ1) is 24.8. The van der Waals surface area contributed by atoms with Crippen LogP contribution < -0.4 is 10.1 Å². The number of hydrogen-bond acceptors (Lipinski definition) is 5. The van der Waals surface area contributed by atoms with Crippen LogP contribution in [0.1, 0.15) is 32.3 Å². The number of amides is 3. The van der Waals surface area contributed by atoms with E-state index in [-0.39, 0.29) is 55.3 Å². The molecule has 8 heteroatoms. The molecule has 33 heavy (non-hydrogen) atoms. The van der Waals surface area contributed by atoms with Gasteiger partial charge in [0.15, 0.2) is 0 Å². The summed E-state index contributed by atoms with van der Waals surface area (Å²) in [6.07, 6.45) is 5.20. The highest BCUT2D eigenvalue weighted by Gasteiger charge is 2.32. The first-order chi connectivity index (χ1) is 15.9. The number of para-hydroxylation sites is 1. The van der Waals surface area contributed by atoms with E-state index in [1.165, 1.54) is 12.0 Å². The molecule has 0 aliphatic carbocycles. The Labute approximate surface area is 195 Å². The lowest BCUT2D eigenvalue weighted by Gasteiger charge is -2.38. The van der Waals surface area contributed by atoms with Gasteiger partial charge in [-0.2, -0.15) is 0 Å². The summed E-state index contributed by atoms with van der Waals surface area (Å²) in [4.78, 5) is 41.6. The van der Waals surface area contributed by atoms with E-state index >= 15 is 0 Å². The van der Waals surface area contributed by atoms with Gasteiger partial charge in [-0.1, -0.05) is 30.4 Å². The number of hydrogen-bond donors (Lipinski definition) is 1. The number of nitrogens with one attached hydrogen (secondary N) is 1. The Morgan fingerprint density at radius 3 is 2.79 bits per heavy atom. The van der Waals surface area contributed by atoms with E-state index in [1.807, 2.05) is 49.1 Å². The highest BCUT2D eigenvalue weighted by Crippen LogP contribution is 2.29. The van der Waals surface area contributed by atoms with Crippen molar-refractivity contribution in [3.05, 3.63) is 42.0 Å². The quantitative estimate of drug-likeness (QED) is 0.684. The number of benzene rings is 1. The number of rotatable bonds is 5. The Hall–Kier alpha value is -2.87. The lowest BCUT2D eigenvalue weighted by molar-refractivity contribution is -0.144. The van der Waals surface area contributed by atoms with Crippen LogP contribution in [0.4, 0.5) is 0 Å². The molecule has 8 nitrogen and oxygen atoms in total. The fourth-order valence-corrected chi connectivity index (χ4v) is 4.41. The third-order valence-electron chi connectivity index (χ3n) is 6.06. The van der Waals surface area contributed by atoms with Gasteiger partial charge in [-0.3, -0.25) is 14.4 Å². The second kappa shape index (κ2) is 11.8. The molecule has 0 aromatic heterocycles. The zero-order valence-corrected chi connectivity index (χ0v) is 19.8. The molecule has 3 amide bonds. The van der Waals surface area contributed by atoms with Crippen molar-refractivity contribution in [3.8, 4) is 5.75 Å². The molecule has 0 unspecified atom stereocenters. The van der Waals surface area contributed by atoms with Crippen molar-refractivity contribution < 1.29 is 23.9 Å². The minimum absolute atomic E-state index is 0.0224. The fourth-order valence-electron chi connectivity index (χ4n) is 4.41. The summed E-state index contributed by atoms with van der Waals surface area (Å²) < 4.78 is 11.0. The Balaban J connectivity index is 1.83. The van der Waals surface area contributed by atoms with Gasteiger partial charge in [0.2, 0.25) is 17.7 Å². The van der Waals surface area contributed by atoms with Crippen molar-refractivity contribution in [2.75, 3.05) is 40.0 Å². The van der Waals surface area contributed by atoms with Crippen LogP contribution in [0.3, 0.4) is 0 Å². The van der Waals surface area contributed by atoms with Gasteiger partial charge in [-0.25, -0.2) is 0 Å². The third kappa shape index (κ3) is 7.05. The maximum Gasteiger partial charge on any atom is 0.249 e. The van der Waals surface area contributed by atoms with Crippen molar-refractivity contribution in [2.24, 2.45) is 11.8 Å². The molecule has 3 rings (SSSR count). The highest BCUT2D eigenvalue weighted by atomic mass is 16.5. The molecular weight excluding hydrogens is 422 g/mol. The van der Waals surface area contributed by atoms with E-state index in [2.05, 4.69) is 11.4 Å². The van der Waals surface area contributed by atoms with Crippen LogP contribution in [0.2, 0.25) is 0 Å². The summed E-state index contributed by atoms with van der Waals surface area (Å²) in [5.74, 6) is 0.565. The van der Waals surface area contributed by atoms with Crippen molar-refractivity contribution in [1.29, 1.82) is 0 Å². The summed E-state index contributed by atoms with van der Waals surface area (Å²) in [7, 11) is 1.47. The number of carbonyl (C=O) groups is 3. The molecule has 2 atom stereocenters. The molecular formula is C25H35N3O5.